The summed E-state index contributed by atoms with van der Waals surface area (Å²) in [6, 6.07) is 0. The van der Waals surface area contributed by atoms with E-state index in [2.05, 4.69) is 17.6 Å². The van der Waals surface area contributed by atoms with Crippen LogP contribution in [0.2, 0.25) is 0 Å². The van der Waals surface area contributed by atoms with Crippen LogP contribution in [0, 0.1) is 5.41 Å². The SMILES string of the molecule is CCCC1(C(=O)NCCOC2CCCC2)CCCNC1. The van der Waals surface area contributed by atoms with Gasteiger partial charge in [0.15, 0.2) is 0 Å². The lowest BCUT2D eigenvalue weighted by Gasteiger charge is -2.36. The Morgan fingerprint density at radius 3 is 2.80 bits per heavy atom. The topological polar surface area (TPSA) is 50.4 Å². The Bertz CT molecular complexity index is 289. The van der Waals surface area contributed by atoms with Crippen molar-refractivity contribution in [1.29, 1.82) is 0 Å². The third-order valence-corrected chi connectivity index (χ3v) is 4.73. The highest BCUT2D eigenvalue weighted by molar-refractivity contribution is 5.83. The van der Waals surface area contributed by atoms with Crippen molar-refractivity contribution in [2.45, 2.75) is 64.4 Å². The molecule has 1 atom stereocenters. The molecule has 1 saturated carbocycles. The van der Waals surface area contributed by atoms with Crippen molar-refractivity contribution in [3.63, 3.8) is 0 Å². The van der Waals surface area contributed by atoms with Gasteiger partial charge in [-0.2, -0.15) is 0 Å². The number of carbonyl (C=O) groups excluding carboxylic acids is 1. The molecule has 116 valence electrons. The molecule has 1 saturated heterocycles. The molecule has 1 heterocycles. The lowest BCUT2D eigenvalue weighted by Crippen LogP contribution is -2.51. The molecular formula is C16H30N2O2. The van der Waals surface area contributed by atoms with Gasteiger partial charge in [0.05, 0.1) is 18.1 Å². The molecule has 4 heteroatoms. The van der Waals surface area contributed by atoms with Crippen LogP contribution in [0.15, 0.2) is 0 Å². The van der Waals surface area contributed by atoms with Crippen molar-refractivity contribution in [3.8, 4) is 0 Å². The van der Waals surface area contributed by atoms with E-state index in [1.807, 2.05) is 0 Å². The van der Waals surface area contributed by atoms with Crippen molar-refractivity contribution in [1.82, 2.24) is 10.6 Å². The number of ether oxygens (including phenoxy) is 1. The second-order valence-electron chi connectivity index (χ2n) is 6.34. The molecule has 2 N–H and O–H groups in total. The van der Waals surface area contributed by atoms with E-state index in [0.717, 1.165) is 38.8 Å². The Balaban J connectivity index is 1.70. The fraction of sp³-hybridized carbons (Fsp3) is 0.938. The lowest BCUT2D eigenvalue weighted by atomic mass is 9.76. The van der Waals surface area contributed by atoms with Crippen LogP contribution in [0.1, 0.15) is 58.3 Å². The first kappa shape index (κ1) is 15.8. The first-order chi connectivity index (χ1) is 9.77. The van der Waals surface area contributed by atoms with Crippen molar-refractivity contribution >= 4 is 5.91 Å². The summed E-state index contributed by atoms with van der Waals surface area (Å²) in [4.78, 5) is 12.5. The number of piperidine rings is 1. The molecule has 2 fully saturated rings. The molecule has 2 rings (SSSR count). The average Bonchev–Trinajstić information content (AvgIpc) is 2.98. The Hall–Kier alpha value is -0.610. The molecule has 4 nitrogen and oxygen atoms in total. The van der Waals surface area contributed by atoms with Gasteiger partial charge in [0.25, 0.3) is 0 Å². The van der Waals surface area contributed by atoms with Crippen LogP contribution in [0.5, 0.6) is 0 Å². The molecule has 0 aromatic carbocycles. The summed E-state index contributed by atoms with van der Waals surface area (Å²) in [5.74, 6) is 0.224. The fourth-order valence-corrected chi connectivity index (χ4v) is 3.60. The lowest BCUT2D eigenvalue weighted by molar-refractivity contribution is -0.133. The number of nitrogens with one attached hydrogen (secondary N) is 2. The molecule has 20 heavy (non-hydrogen) atoms. The minimum Gasteiger partial charge on any atom is -0.376 e. The average molecular weight is 282 g/mol. The zero-order chi connectivity index (χ0) is 14.3. The summed E-state index contributed by atoms with van der Waals surface area (Å²) in [5, 5.41) is 6.48. The number of hydrogen-bond donors (Lipinski definition) is 2. The molecule has 0 aromatic heterocycles. The van der Waals surface area contributed by atoms with Crippen LogP contribution < -0.4 is 10.6 Å². The van der Waals surface area contributed by atoms with Gasteiger partial charge in [-0.3, -0.25) is 4.79 Å². The summed E-state index contributed by atoms with van der Waals surface area (Å²) >= 11 is 0. The Morgan fingerprint density at radius 2 is 2.15 bits per heavy atom. The largest absolute Gasteiger partial charge is 0.376 e. The Morgan fingerprint density at radius 1 is 1.35 bits per heavy atom. The molecule has 0 bridgehead atoms. The highest BCUT2D eigenvalue weighted by Gasteiger charge is 2.38. The summed E-state index contributed by atoms with van der Waals surface area (Å²) in [6.07, 6.45) is 9.57. The molecule has 1 amide bonds. The highest BCUT2D eigenvalue weighted by Crippen LogP contribution is 2.31. The van der Waals surface area contributed by atoms with Crippen molar-refractivity contribution in [2.75, 3.05) is 26.2 Å². The minimum atomic E-state index is -0.180. The van der Waals surface area contributed by atoms with Crippen LogP contribution in [0.4, 0.5) is 0 Å². The molecule has 0 radical (unpaired) electrons. The molecule has 1 aliphatic heterocycles. The van der Waals surface area contributed by atoms with Gasteiger partial charge in [-0.05, 0) is 38.6 Å². The first-order valence-electron chi connectivity index (χ1n) is 8.37. The van der Waals surface area contributed by atoms with E-state index in [1.165, 1.54) is 25.7 Å². The second kappa shape index (κ2) is 7.99. The quantitative estimate of drug-likeness (QED) is 0.704. The summed E-state index contributed by atoms with van der Waals surface area (Å²) in [6.45, 7) is 5.35. The smallest absolute Gasteiger partial charge is 0.227 e. The van der Waals surface area contributed by atoms with E-state index in [-0.39, 0.29) is 11.3 Å². The van der Waals surface area contributed by atoms with E-state index in [1.54, 1.807) is 0 Å². The van der Waals surface area contributed by atoms with Crippen molar-refractivity contribution in [2.24, 2.45) is 5.41 Å². The predicted octanol–water partition coefficient (Wildman–Crippen LogP) is 2.23. The number of rotatable bonds is 7. The molecule has 1 aliphatic carbocycles. The van der Waals surface area contributed by atoms with Gasteiger partial charge in [-0.1, -0.05) is 26.2 Å². The summed E-state index contributed by atoms with van der Waals surface area (Å²) in [5.41, 5.74) is -0.180. The molecule has 2 aliphatic rings. The fourth-order valence-electron chi connectivity index (χ4n) is 3.60. The third kappa shape index (κ3) is 4.19. The minimum absolute atomic E-state index is 0.180. The monoisotopic (exact) mass is 282 g/mol. The van der Waals surface area contributed by atoms with Gasteiger partial charge in [0.1, 0.15) is 0 Å². The van der Waals surface area contributed by atoms with Crippen LogP contribution in [0.3, 0.4) is 0 Å². The second-order valence-corrected chi connectivity index (χ2v) is 6.34. The van der Waals surface area contributed by atoms with Gasteiger partial charge in [0.2, 0.25) is 5.91 Å². The molecule has 0 spiro atoms. The highest BCUT2D eigenvalue weighted by atomic mass is 16.5. The number of amides is 1. The zero-order valence-electron chi connectivity index (χ0n) is 12.9. The zero-order valence-corrected chi connectivity index (χ0v) is 12.9. The number of carbonyl (C=O) groups is 1. The van der Waals surface area contributed by atoms with E-state index in [9.17, 15) is 4.79 Å². The van der Waals surface area contributed by atoms with Gasteiger partial charge in [-0.25, -0.2) is 0 Å². The maximum Gasteiger partial charge on any atom is 0.227 e. The van der Waals surface area contributed by atoms with Crippen LogP contribution in [-0.2, 0) is 9.53 Å². The molecular weight excluding hydrogens is 252 g/mol. The summed E-state index contributed by atoms with van der Waals surface area (Å²) in [7, 11) is 0. The van der Waals surface area contributed by atoms with Gasteiger partial charge >= 0.3 is 0 Å². The van der Waals surface area contributed by atoms with Crippen molar-refractivity contribution < 1.29 is 9.53 Å². The van der Waals surface area contributed by atoms with Crippen LogP contribution >= 0.6 is 0 Å². The Kier molecular flexibility index (Phi) is 6.30. The maximum absolute atomic E-state index is 12.5. The Labute approximate surface area is 123 Å². The van der Waals surface area contributed by atoms with Crippen LogP contribution in [0.25, 0.3) is 0 Å². The van der Waals surface area contributed by atoms with E-state index < -0.39 is 0 Å². The predicted molar refractivity (Wildman–Crippen MR) is 80.7 cm³/mol. The third-order valence-electron chi connectivity index (χ3n) is 4.73. The van der Waals surface area contributed by atoms with Gasteiger partial charge in [0, 0.05) is 13.1 Å². The maximum atomic E-state index is 12.5. The van der Waals surface area contributed by atoms with E-state index in [4.69, 9.17) is 4.74 Å². The van der Waals surface area contributed by atoms with Gasteiger partial charge < -0.3 is 15.4 Å². The standard InChI is InChI=1S/C16H30N2O2/c1-2-8-16(9-5-10-17-13-16)15(19)18-11-12-20-14-6-3-4-7-14/h14,17H,2-13H2,1H3,(H,18,19). The van der Waals surface area contributed by atoms with Crippen LogP contribution in [-0.4, -0.2) is 38.3 Å². The molecule has 0 aromatic rings. The normalized spacial score (nSPS) is 27.6. The van der Waals surface area contributed by atoms with Gasteiger partial charge in [-0.15, -0.1) is 0 Å². The van der Waals surface area contributed by atoms with E-state index in [0.29, 0.717) is 19.3 Å². The van der Waals surface area contributed by atoms with Crippen molar-refractivity contribution in [3.05, 3.63) is 0 Å². The first-order valence-corrected chi connectivity index (χ1v) is 8.37. The summed E-state index contributed by atoms with van der Waals surface area (Å²) < 4.78 is 5.80. The number of hydrogen-bond acceptors (Lipinski definition) is 3. The molecule has 1 unspecified atom stereocenters. The van der Waals surface area contributed by atoms with E-state index >= 15 is 0 Å².